The van der Waals surface area contributed by atoms with E-state index < -0.39 is 0 Å². The molecule has 1 aliphatic heterocycles. The van der Waals surface area contributed by atoms with E-state index in [1.54, 1.807) is 0 Å². The zero-order valence-electron chi connectivity index (χ0n) is 14.1. The molecule has 0 amide bonds. The van der Waals surface area contributed by atoms with E-state index in [1.807, 2.05) is 0 Å². The van der Waals surface area contributed by atoms with Crippen molar-refractivity contribution in [3.8, 4) is 0 Å². The van der Waals surface area contributed by atoms with Crippen LogP contribution in [0.15, 0.2) is 0 Å². The Morgan fingerprint density at radius 1 is 1.24 bits per heavy atom. The van der Waals surface area contributed by atoms with Gasteiger partial charge in [0.2, 0.25) is 0 Å². The highest BCUT2D eigenvalue weighted by atomic mass is 16.5. The lowest BCUT2D eigenvalue weighted by Crippen LogP contribution is -2.50. The van der Waals surface area contributed by atoms with E-state index in [9.17, 15) is 0 Å². The van der Waals surface area contributed by atoms with E-state index in [2.05, 4.69) is 24.2 Å². The second kappa shape index (κ2) is 8.47. The lowest BCUT2D eigenvalue weighted by Gasteiger charge is -2.45. The SMILES string of the molecule is CCN(CC)CCC(NN)C1CCOC2(CCCCC2)C1. The molecule has 21 heavy (non-hydrogen) atoms. The molecule has 1 saturated heterocycles. The fourth-order valence-corrected chi connectivity index (χ4v) is 4.27. The summed E-state index contributed by atoms with van der Waals surface area (Å²) in [7, 11) is 0. The molecule has 3 N–H and O–H groups in total. The summed E-state index contributed by atoms with van der Waals surface area (Å²) in [5.41, 5.74) is 3.30. The molecule has 0 aromatic carbocycles. The summed E-state index contributed by atoms with van der Waals surface area (Å²) in [5, 5.41) is 0. The quantitative estimate of drug-likeness (QED) is 0.560. The number of ether oxygens (including phenoxy) is 1. The Labute approximate surface area is 130 Å². The monoisotopic (exact) mass is 297 g/mol. The van der Waals surface area contributed by atoms with Crippen LogP contribution in [0.5, 0.6) is 0 Å². The van der Waals surface area contributed by atoms with Gasteiger partial charge in [-0.25, -0.2) is 0 Å². The summed E-state index contributed by atoms with van der Waals surface area (Å²) in [5.74, 6) is 6.56. The average molecular weight is 297 g/mol. The van der Waals surface area contributed by atoms with Gasteiger partial charge in [0.05, 0.1) is 5.60 Å². The van der Waals surface area contributed by atoms with Gasteiger partial charge in [0, 0.05) is 12.6 Å². The summed E-state index contributed by atoms with van der Waals surface area (Å²) in [6.45, 7) is 8.80. The molecule has 1 saturated carbocycles. The van der Waals surface area contributed by atoms with Crippen molar-refractivity contribution in [2.75, 3.05) is 26.2 Å². The van der Waals surface area contributed by atoms with Crippen molar-refractivity contribution in [2.24, 2.45) is 11.8 Å². The van der Waals surface area contributed by atoms with Gasteiger partial charge in [-0.3, -0.25) is 11.3 Å². The van der Waals surface area contributed by atoms with Crippen LogP contribution in [0.4, 0.5) is 0 Å². The van der Waals surface area contributed by atoms with Gasteiger partial charge in [-0.2, -0.15) is 0 Å². The maximum atomic E-state index is 6.22. The van der Waals surface area contributed by atoms with Gasteiger partial charge in [0.25, 0.3) is 0 Å². The molecule has 2 rings (SSSR count). The van der Waals surface area contributed by atoms with E-state index in [4.69, 9.17) is 10.6 Å². The first-order valence-electron chi connectivity index (χ1n) is 9.05. The summed E-state index contributed by atoms with van der Waals surface area (Å²) < 4.78 is 6.22. The molecule has 0 aromatic rings. The maximum Gasteiger partial charge on any atom is 0.0685 e. The molecule has 0 aromatic heterocycles. The molecule has 4 heteroatoms. The van der Waals surface area contributed by atoms with Crippen LogP contribution in [0, 0.1) is 5.92 Å². The summed E-state index contributed by atoms with van der Waals surface area (Å²) in [6.07, 6.45) is 10.1. The molecule has 2 atom stereocenters. The van der Waals surface area contributed by atoms with Gasteiger partial charge < -0.3 is 9.64 Å². The van der Waals surface area contributed by atoms with Crippen LogP contribution in [0.25, 0.3) is 0 Å². The van der Waals surface area contributed by atoms with Gasteiger partial charge in [-0.05, 0) is 57.7 Å². The van der Waals surface area contributed by atoms with E-state index in [-0.39, 0.29) is 5.60 Å². The Kier molecular flexibility index (Phi) is 6.93. The zero-order chi connectivity index (χ0) is 15.1. The predicted octanol–water partition coefficient (Wildman–Crippen LogP) is 2.68. The molecule has 2 unspecified atom stereocenters. The smallest absolute Gasteiger partial charge is 0.0685 e. The van der Waals surface area contributed by atoms with Crippen LogP contribution in [0.1, 0.15) is 65.2 Å². The Hall–Kier alpha value is -0.160. The zero-order valence-corrected chi connectivity index (χ0v) is 14.1. The van der Waals surface area contributed by atoms with Crippen LogP contribution in [-0.2, 0) is 4.74 Å². The second-order valence-corrected chi connectivity index (χ2v) is 6.93. The molecule has 0 radical (unpaired) electrons. The van der Waals surface area contributed by atoms with Gasteiger partial charge in [0.1, 0.15) is 0 Å². The van der Waals surface area contributed by atoms with Gasteiger partial charge >= 0.3 is 0 Å². The molecular weight excluding hydrogens is 262 g/mol. The first-order valence-corrected chi connectivity index (χ1v) is 9.05. The van der Waals surface area contributed by atoms with Crippen molar-refractivity contribution >= 4 is 0 Å². The predicted molar refractivity (Wildman–Crippen MR) is 88.0 cm³/mol. The van der Waals surface area contributed by atoms with Gasteiger partial charge in [-0.1, -0.05) is 33.1 Å². The van der Waals surface area contributed by atoms with E-state index in [0.29, 0.717) is 12.0 Å². The second-order valence-electron chi connectivity index (χ2n) is 6.93. The third kappa shape index (κ3) is 4.65. The molecule has 1 spiro atoms. The highest BCUT2D eigenvalue weighted by Gasteiger charge is 2.40. The third-order valence-electron chi connectivity index (χ3n) is 5.73. The Morgan fingerprint density at radius 3 is 2.57 bits per heavy atom. The van der Waals surface area contributed by atoms with Crippen LogP contribution < -0.4 is 11.3 Å². The highest BCUT2D eigenvalue weighted by Crippen LogP contribution is 2.41. The highest BCUT2D eigenvalue weighted by molar-refractivity contribution is 4.92. The molecule has 2 fully saturated rings. The van der Waals surface area contributed by atoms with Crippen LogP contribution in [0.3, 0.4) is 0 Å². The summed E-state index contributed by atoms with van der Waals surface area (Å²) >= 11 is 0. The van der Waals surface area contributed by atoms with Crippen molar-refractivity contribution in [3.05, 3.63) is 0 Å². The number of hydrazine groups is 1. The van der Waals surface area contributed by atoms with Crippen molar-refractivity contribution in [1.82, 2.24) is 10.3 Å². The fraction of sp³-hybridized carbons (Fsp3) is 1.00. The first kappa shape index (κ1) is 17.2. The third-order valence-corrected chi connectivity index (χ3v) is 5.73. The number of rotatable bonds is 7. The lowest BCUT2D eigenvalue weighted by atomic mass is 9.73. The Morgan fingerprint density at radius 2 is 1.95 bits per heavy atom. The average Bonchev–Trinajstić information content (AvgIpc) is 2.52. The molecule has 4 nitrogen and oxygen atoms in total. The van der Waals surface area contributed by atoms with E-state index in [0.717, 1.165) is 39.1 Å². The number of nitrogens with zero attached hydrogens (tertiary/aromatic N) is 1. The normalized spacial score (nSPS) is 27.1. The minimum Gasteiger partial charge on any atom is -0.375 e. The lowest BCUT2D eigenvalue weighted by molar-refractivity contribution is -0.122. The van der Waals surface area contributed by atoms with Crippen LogP contribution in [-0.4, -0.2) is 42.8 Å². The minimum absolute atomic E-state index is 0.186. The topological polar surface area (TPSA) is 50.5 Å². The molecular formula is C17H35N3O. The van der Waals surface area contributed by atoms with Crippen molar-refractivity contribution < 1.29 is 4.74 Å². The van der Waals surface area contributed by atoms with Gasteiger partial charge in [0.15, 0.2) is 0 Å². The standard InChI is InChI=1S/C17H35N3O/c1-3-20(4-2)12-8-16(19-18)15-9-13-21-17(14-15)10-6-5-7-11-17/h15-16,19H,3-14,18H2,1-2H3. The van der Waals surface area contributed by atoms with Crippen LogP contribution >= 0.6 is 0 Å². The number of hydrogen-bond donors (Lipinski definition) is 2. The number of nitrogens with two attached hydrogens (primary N) is 1. The molecule has 0 bridgehead atoms. The van der Waals surface area contributed by atoms with Crippen molar-refractivity contribution in [1.29, 1.82) is 0 Å². The molecule has 1 aliphatic carbocycles. The molecule has 2 aliphatic rings. The van der Waals surface area contributed by atoms with E-state index in [1.165, 1.54) is 38.5 Å². The summed E-state index contributed by atoms with van der Waals surface area (Å²) in [4.78, 5) is 2.49. The fourth-order valence-electron chi connectivity index (χ4n) is 4.27. The largest absolute Gasteiger partial charge is 0.375 e. The number of hydrogen-bond acceptors (Lipinski definition) is 4. The summed E-state index contributed by atoms with van der Waals surface area (Å²) in [6, 6.07) is 0.438. The maximum absolute atomic E-state index is 6.22. The Balaban J connectivity index is 1.88. The minimum atomic E-state index is 0.186. The van der Waals surface area contributed by atoms with Crippen molar-refractivity contribution in [3.63, 3.8) is 0 Å². The van der Waals surface area contributed by atoms with Crippen molar-refractivity contribution in [2.45, 2.75) is 76.9 Å². The first-order chi connectivity index (χ1) is 10.2. The van der Waals surface area contributed by atoms with Gasteiger partial charge in [-0.15, -0.1) is 0 Å². The molecule has 1 heterocycles. The molecule has 124 valence electrons. The van der Waals surface area contributed by atoms with Crippen LogP contribution in [0.2, 0.25) is 0 Å². The number of nitrogens with one attached hydrogen (secondary N) is 1. The van der Waals surface area contributed by atoms with E-state index >= 15 is 0 Å². The Bertz CT molecular complexity index is 282.